The van der Waals surface area contributed by atoms with Gasteiger partial charge in [0.2, 0.25) is 0 Å². The predicted molar refractivity (Wildman–Crippen MR) is 68.6 cm³/mol. The molecule has 0 aliphatic rings. The predicted octanol–water partition coefficient (Wildman–Crippen LogP) is 2.77. The van der Waals surface area contributed by atoms with Crippen LogP contribution in [0.4, 0.5) is 0 Å². The molecule has 1 aromatic carbocycles. The van der Waals surface area contributed by atoms with E-state index >= 15 is 0 Å². The summed E-state index contributed by atoms with van der Waals surface area (Å²) in [6, 6.07) is 8.22. The summed E-state index contributed by atoms with van der Waals surface area (Å²) in [6.07, 6.45) is 0.710. The van der Waals surface area contributed by atoms with Gasteiger partial charge >= 0.3 is 0 Å². The van der Waals surface area contributed by atoms with Crippen molar-refractivity contribution in [2.45, 2.75) is 33.7 Å². The Labute approximate surface area is 103 Å². The number of nitriles is 1. The number of rotatable bonds is 5. The quantitative estimate of drug-likeness (QED) is 0.849. The minimum atomic E-state index is -0.342. The lowest BCUT2D eigenvalue weighted by molar-refractivity contribution is 0.261. The van der Waals surface area contributed by atoms with Crippen LogP contribution in [-0.4, -0.2) is 6.61 Å². The van der Waals surface area contributed by atoms with Gasteiger partial charge < -0.3 is 10.5 Å². The highest BCUT2D eigenvalue weighted by atomic mass is 16.5. The summed E-state index contributed by atoms with van der Waals surface area (Å²) in [5.74, 6) is 0.865. The van der Waals surface area contributed by atoms with Gasteiger partial charge in [-0.2, -0.15) is 5.26 Å². The summed E-state index contributed by atoms with van der Waals surface area (Å²) in [5, 5.41) is 8.92. The van der Waals surface area contributed by atoms with Crippen molar-refractivity contribution in [1.82, 2.24) is 0 Å². The van der Waals surface area contributed by atoms with Crippen LogP contribution in [0.3, 0.4) is 0 Å². The number of benzene rings is 1. The second-order valence-electron chi connectivity index (χ2n) is 4.86. The first kappa shape index (κ1) is 13.5. The van der Waals surface area contributed by atoms with Crippen LogP contribution >= 0.6 is 0 Å². The Balaban J connectivity index is 2.67. The number of hydrogen-bond acceptors (Lipinski definition) is 3. The standard InChI is InChI=1S/C14H20N2O/c1-11-5-4-6-12(9-15)13(11)17-8-7-14(2,3)10-16/h4-6H,7-9,15H2,1-3H3. The van der Waals surface area contributed by atoms with Gasteiger partial charge in [-0.15, -0.1) is 0 Å². The maximum Gasteiger partial charge on any atom is 0.126 e. The topological polar surface area (TPSA) is 59.0 Å². The summed E-state index contributed by atoms with van der Waals surface area (Å²) in [5.41, 5.74) is 7.43. The SMILES string of the molecule is Cc1cccc(CN)c1OCCC(C)(C)C#N. The molecule has 0 aromatic heterocycles. The Kier molecular flexibility index (Phi) is 4.53. The zero-order valence-electron chi connectivity index (χ0n) is 10.8. The number of para-hydroxylation sites is 1. The third-order valence-corrected chi connectivity index (χ3v) is 2.79. The van der Waals surface area contributed by atoms with Crippen molar-refractivity contribution >= 4 is 0 Å². The number of nitrogens with zero attached hydrogens (tertiary/aromatic N) is 1. The third-order valence-electron chi connectivity index (χ3n) is 2.79. The maximum absolute atomic E-state index is 8.92. The van der Waals surface area contributed by atoms with E-state index in [0.717, 1.165) is 16.9 Å². The molecule has 0 heterocycles. The van der Waals surface area contributed by atoms with Gasteiger partial charge in [-0.05, 0) is 32.8 Å². The van der Waals surface area contributed by atoms with E-state index in [1.54, 1.807) is 0 Å². The molecule has 0 fully saturated rings. The van der Waals surface area contributed by atoms with Gasteiger partial charge in [-0.1, -0.05) is 18.2 Å². The molecule has 0 aliphatic heterocycles. The summed E-state index contributed by atoms with van der Waals surface area (Å²) in [4.78, 5) is 0. The van der Waals surface area contributed by atoms with Gasteiger partial charge in [0.15, 0.2) is 0 Å². The lowest BCUT2D eigenvalue weighted by Crippen LogP contribution is -2.14. The molecule has 17 heavy (non-hydrogen) atoms. The van der Waals surface area contributed by atoms with E-state index in [1.807, 2.05) is 39.0 Å². The molecule has 0 amide bonds. The number of aryl methyl sites for hydroxylation is 1. The van der Waals surface area contributed by atoms with Crippen LogP contribution in [0.2, 0.25) is 0 Å². The molecule has 0 saturated heterocycles. The summed E-state index contributed by atoms with van der Waals surface area (Å²) in [7, 11) is 0. The van der Waals surface area contributed by atoms with E-state index in [1.165, 1.54) is 0 Å². The maximum atomic E-state index is 8.92. The summed E-state index contributed by atoms with van der Waals surface area (Å²) >= 11 is 0. The normalized spacial score (nSPS) is 11.0. The van der Waals surface area contributed by atoms with Crippen LogP contribution in [0.15, 0.2) is 18.2 Å². The lowest BCUT2D eigenvalue weighted by atomic mass is 9.92. The minimum Gasteiger partial charge on any atom is -0.493 e. The Morgan fingerprint density at radius 1 is 1.41 bits per heavy atom. The highest BCUT2D eigenvalue weighted by Gasteiger charge is 2.17. The van der Waals surface area contributed by atoms with Crippen molar-refractivity contribution in [1.29, 1.82) is 5.26 Å². The Morgan fingerprint density at radius 2 is 2.12 bits per heavy atom. The van der Waals surface area contributed by atoms with Crippen molar-refractivity contribution in [3.8, 4) is 11.8 Å². The zero-order chi connectivity index (χ0) is 12.9. The first-order valence-corrected chi connectivity index (χ1v) is 5.83. The molecule has 0 radical (unpaired) electrons. The molecule has 0 saturated carbocycles. The fraction of sp³-hybridized carbons (Fsp3) is 0.500. The monoisotopic (exact) mass is 232 g/mol. The van der Waals surface area contributed by atoms with Gasteiger partial charge in [0.25, 0.3) is 0 Å². The third kappa shape index (κ3) is 3.76. The Bertz CT molecular complexity index is 419. The van der Waals surface area contributed by atoms with Crippen LogP contribution < -0.4 is 10.5 Å². The minimum absolute atomic E-state index is 0.342. The van der Waals surface area contributed by atoms with Crippen molar-refractivity contribution < 1.29 is 4.74 Å². The molecule has 0 unspecified atom stereocenters. The Morgan fingerprint density at radius 3 is 2.71 bits per heavy atom. The average Bonchev–Trinajstić information content (AvgIpc) is 2.31. The molecule has 0 aliphatic carbocycles. The molecule has 1 rings (SSSR count). The molecule has 0 bridgehead atoms. The largest absolute Gasteiger partial charge is 0.493 e. The molecule has 0 spiro atoms. The summed E-state index contributed by atoms with van der Waals surface area (Å²) < 4.78 is 5.77. The van der Waals surface area contributed by atoms with Gasteiger partial charge in [0, 0.05) is 12.1 Å². The lowest BCUT2D eigenvalue weighted by Gasteiger charge is -2.17. The molecule has 3 heteroatoms. The van der Waals surface area contributed by atoms with Crippen LogP contribution in [-0.2, 0) is 6.54 Å². The van der Waals surface area contributed by atoms with E-state index in [0.29, 0.717) is 19.6 Å². The molecule has 3 nitrogen and oxygen atoms in total. The molecular weight excluding hydrogens is 212 g/mol. The van der Waals surface area contributed by atoms with Gasteiger partial charge in [-0.3, -0.25) is 0 Å². The molecular formula is C14H20N2O. The second-order valence-corrected chi connectivity index (χ2v) is 4.86. The number of ether oxygens (including phenoxy) is 1. The molecule has 1 aromatic rings. The van der Waals surface area contributed by atoms with E-state index in [2.05, 4.69) is 6.07 Å². The molecule has 2 N–H and O–H groups in total. The Hall–Kier alpha value is -1.53. The van der Waals surface area contributed by atoms with Crippen LogP contribution in [0.1, 0.15) is 31.4 Å². The first-order valence-electron chi connectivity index (χ1n) is 5.83. The van der Waals surface area contributed by atoms with Crippen molar-refractivity contribution in [3.63, 3.8) is 0 Å². The van der Waals surface area contributed by atoms with E-state index < -0.39 is 0 Å². The van der Waals surface area contributed by atoms with Crippen LogP contribution in [0.25, 0.3) is 0 Å². The van der Waals surface area contributed by atoms with Crippen molar-refractivity contribution in [2.75, 3.05) is 6.61 Å². The number of nitrogens with two attached hydrogens (primary N) is 1. The van der Waals surface area contributed by atoms with E-state index in [9.17, 15) is 0 Å². The summed E-state index contributed by atoms with van der Waals surface area (Å²) in [6.45, 7) is 6.84. The van der Waals surface area contributed by atoms with Crippen LogP contribution in [0, 0.1) is 23.7 Å². The van der Waals surface area contributed by atoms with Gasteiger partial charge in [-0.25, -0.2) is 0 Å². The fourth-order valence-electron chi connectivity index (χ4n) is 1.54. The van der Waals surface area contributed by atoms with Crippen LogP contribution in [0.5, 0.6) is 5.75 Å². The smallest absolute Gasteiger partial charge is 0.126 e. The average molecular weight is 232 g/mol. The van der Waals surface area contributed by atoms with Gasteiger partial charge in [0.1, 0.15) is 5.75 Å². The second kappa shape index (κ2) is 5.70. The first-order chi connectivity index (χ1) is 8.00. The van der Waals surface area contributed by atoms with Crippen molar-refractivity contribution in [3.05, 3.63) is 29.3 Å². The van der Waals surface area contributed by atoms with E-state index in [4.69, 9.17) is 15.7 Å². The van der Waals surface area contributed by atoms with E-state index in [-0.39, 0.29) is 5.41 Å². The van der Waals surface area contributed by atoms with Gasteiger partial charge in [0.05, 0.1) is 18.1 Å². The zero-order valence-corrected chi connectivity index (χ0v) is 10.8. The molecule has 92 valence electrons. The number of hydrogen-bond donors (Lipinski definition) is 1. The molecule has 0 atom stereocenters. The van der Waals surface area contributed by atoms with Crippen molar-refractivity contribution in [2.24, 2.45) is 11.1 Å². The highest BCUT2D eigenvalue weighted by Crippen LogP contribution is 2.25. The highest BCUT2D eigenvalue weighted by molar-refractivity contribution is 5.40. The fourth-order valence-corrected chi connectivity index (χ4v) is 1.54.